The van der Waals surface area contributed by atoms with E-state index in [1.165, 1.54) is 50.9 Å². The molecule has 1 aliphatic heterocycles. The lowest BCUT2D eigenvalue weighted by atomic mass is 10.0. The first-order valence-electron chi connectivity index (χ1n) is 6.85. The van der Waals surface area contributed by atoms with Gasteiger partial charge < -0.3 is 9.73 Å². The summed E-state index contributed by atoms with van der Waals surface area (Å²) >= 11 is 0. The molecule has 1 atom stereocenters. The third-order valence-corrected chi connectivity index (χ3v) is 3.42. The highest BCUT2D eigenvalue weighted by Gasteiger charge is 2.16. The van der Waals surface area contributed by atoms with Gasteiger partial charge in [0.05, 0.1) is 12.5 Å². The number of nitrogens with zero attached hydrogens (tertiary/aromatic N) is 1. The topological polar surface area (TPSA) is 28.4 Å². The summed E-state index contributed by atoms with van der Waals surface area (Å²) in [6.45, 7) is 6.79. The maximum absolute atomic E-state index is 5.14. The van der Waals surface area contributed by atoms with Crippen LogP contribution in [-0.2, 0) is 6.54 Å². The van der Waals surface area contributed by atoms with E-state index in [0.29, 0.717) is 6.04 Å². The van der Waals surface area contributed by atoms with E-state index in [2.05, 4.69) is 23.2 Å². The van der Waals surface area contributed by atoms with Gasteiger partial charge in [0.2, 0.25) is 0 Å². The van der Waals surface area contributed by atoms with Crippen LogP contribution in [0.4, 0.5) is 0 Å². The summed E-state index contributed by atoms with van der Waals surface area (Å²) in [6.07, 6.45) is 8.88. The summed E-state index contributed by atoms with van der Waals surface area (Å²) in [6, 6.07) is 2.75. The van der Waals surface area contributed by atoms with Crippen LogP contribution in [0.2, 0.25) is 0 Å². The van der Waals surface area contributed by atoms with Gasteiger partial charge >= 0.3 is 0 Å². The highest BCUT2D eigenvalue weighted by atomic mass is 16.3. The van der Waals surface area contributed by atoms with Crippen molar-refractivity contribution in [2.24, 2.45) is 0 Å². The molecule has 2 rings (SSSR count). The van der Waals surface area contributed by atoms with E-state index < -0.39 is 0 Å². The first-order chi connectivity index (χ1) is 8.38. The second-order valence-corrected chi connectivity index (χ2v) is 5.01. The molecule has 0 aliphatic carbocycles. The Kier molecular flexibility index (Phi) is 5.08. The van der Waals surface area contributed by atoms with Crippen molar-refractivity contribution in [2.45, 2.75) is 45.2 Å². The van der Waals surface area contributed by atoms with Crippen molar-refractivity contribution in [3.63, 3.8) is 0 Å². The number of rotatable bonds is 6. The van der Waals surface area contributed by atoms with Crippen molar-refractivity contribution >= 4 is 0 Å². The first-order valence-corrected chi connectivity index (χ1v) is 6.85. The smallest absolute Gasteiger partial charge is 0.0947 e. The lowest BCUT2D eigenvalue weighted by Gasteiger charge is -2.30. The number of piperidine rings is 1. The van der Waals surface area contributed by atoms with Gasteiger partial charge in [-0.05, 0) is 38.4 Å². The van der Waals surface area contributed by atoms with E-state index >= 15 is 0 Å². The number of nitrogens with one attached hydrogen (secondary N) is 1. The lowest BCUT2D eigenvalue weighted by Crippen LogP contribution is -2.43. The van der Waals surface area contributed by atoms with Crippen LogP contribution in [0.1, 0.15) is 38.2 Å². The molecule has 2 heterocycles. The molecule has 1 aliphatic rings. The summed E-state index contributed by atoms with van der Waals surface area (Å²) in [5.41, 5.74) is 1.29. The Labute approximate surface area is 104 Å². The molecule has 0 amide bonds. The van der Waals surface area contributed by atoms with Crippen LogP contribution in [-0.4, -0.2) is 30.6 Å². The number of hydrogen-bond donors (Lipinski definition) is 1. The maximum Gasteiger partial charge on any atom is 0.0947 e. The Hall–Kier alpha value is -0.800. The predicted molar refractivity (Wildman–Crippen MR) is 69.9 cm³/mol. The first kappa shape index (κ1) is 12.7. The highest BCUT2D eigenvalue weighted by Crippen LogP contribution is 2.11. The van der Waals surface area contributed by atoms with E-state index in [1.54, 1.807) is 6.26 Å². The fraction of sp³-hybridized carbons (Fsp3) is 0.714. The standard InChI is InChI=1S/C14H24N2O/c1-2-8-16(10-13-6-9-17-12-13)11-14-5-3-4-7-15-14/h6,9,12,14-15H,2-5,7-8,10-11H2,1H3. The van der Waals surface area contributed by atoms with Crippen molar-refractivity contribution in [1.29, 1.82) is 0 Å². The molecule has 1 fully saturated rings. The quantitative estimate of drug-likeness (QED) is 0.823. The van der Waals surface area contributed by atoms with Gasteiger partial charge in [-0.2, -0.15) is 0 Å². The van der Waals surface area contributed by atoms with Crippen molar-refractivity contribution in [3.8, 4) is 0 Å². The van der Waals surface area contributed by atoms with Gasteiger partial charge in [0, 0.05) is 24.7 Å². The summed E-state index contributed by atoms with van der Waals surface area (Å²) in [7, 11) is 0. The second-order valence-electron chi connectivity index (χ2n) is 5.01. The van der Waals surface area contributed by atoms with Crippen LogP contribution < -0.4 is 5.32 Å². The molecule has 17 heavy (non-hydrogen) atoms. The maximum atomic E-state index is 5.14. The van der Waals surface area contributed by atoms with Gasteiger partial charge in [0.15, 0.2) is 0 Å². The zero-order valence-corrected chi connectivity index (χ0v) is 10.8. The second kappa shape index (κ2) is 6.82. The zero-order chi connectivity index (χ0) is 11.9. The van der Waals surface area contributed by atoms with Crippen molar-refractivity contribution in [2.75, 3.05) is 19.6 Å². The van der Waals surface area contributed by atoms with E-state index in [-0.39, 0.29) is 0 Å². The molecule has 0 saturated carbocycles. The Balaban J connectivity index is 1.83. The van der Waals surface area contributed by atoms with Crippen LogP contribution in [0.15, 0.2) is 23.0 Å². The van der Waals surface area contributed by atoms with Crippen LogP contribution >= 0.6 is 0 Å². The van der Waals surface area contributed by atoms with Gasteiger partial charge in [0.1, 0.15) is 0 Å². The third kappa shape index (κ3) is 4.17. The Morgan fingerprint density at radius 1 is 1.47 bits per heavy atom. The molecule has 1 aromatic heterocycles. The predicted octanol–water partition coefficient (Wildman–Crippen LogP) is 2.63. The van der Waals surface area contributed by atoms with E-state index in [1.807, 2.05) is 6.26 Å². The molecule has 0 aromatic carbocycles. The Bertz CT molecular complexity index is 291. The molecule has 0 bridgehead atoms. The molecule has 3 heteroatoms. The summed E-state index contributed by atoms with van der Waals surface area (Å²) in [5, 5.41) is 3.62. The fourth-order valence-corrected chi connectivity index (χ4v) is 2.58. The minimum Gasteiger partial charge on any atom is -0.472 e. The number of hydrogen-bond acceptors (Lipinski definition) is 3. The summed E-state index contributed by atoms with van der Waals surface area (Å²) in [5.74, 6) is 0. The monoisotopic (exact) mass is 236 g/mol. The molecule has 0 spiro atoms. The average Bonchev–Trinajstić information content (AvgIpc) is 2.83. The summed E-state index contributed by atoms with van der Waals surface area (Å²) < 4.78 is 5.14. The lowest BCUT2D eigenvalue weighted by molar-refractivity contribution is 0.217. The highest BCUT2D eigenvalue weighted by molar-refractivity contribution is 5.05. The van der Waals surface area contributed by atoms with Gasteiger partial charge in [-0.3, -0.25) is 4.90 Å². The minimum absolute atomic E-state index is 0.683. The molecule has 1 saturated heterocycles. The van der Waals surface area contributed by atoms with E-state index in [4.69, 9.17) is 4.42 Å². The van der Waals surface area contributed by atoms with Crippen LogP contribution in [0.25, 0.3) is 0 Å². The van der Waals surface area contributed by atoms with Crippen LogP contribution in [0.5, 0.6) is 0 Å². The molecule has 1 unspecified atom stereocenters. The van der Waals surface area contributed by atoms with Gasteiger partial charge in [-0.1, -0.05) is 13.3 Å². The van der Waals surface area contributed by atoms with Crippen LogP contribution in [0.3, 0.4) is 0 Å². The molecule has 1 aromatic rings. The number of furan rings is 1. The van der Waals surface area contributed by atoms with Crippen LogP contribution in [0, 0.1) is 0 Å². The van der Waals surface area contributed by atoms with Crippen molar-refractivity contribution in [3.05, 3.63) is 24.2 Å². The SMILES string of the molecule is CCCN(Cc1ccoc1)CC1CCCCN1. The minimum atomic E-state index is 0.683. The van der Waals surface area contributed by atoms with E-state index in [9.17, 15) is 0 Å². The Morgan fingerprint density at radius 3 is 3.06 bits per heavy atom. The van der Waals surface area contributed by atoms with Gasteiger partial charge in [-0.15, -0.1) is 0 Å². The molecule has 0 radical (unpaired) electrons. The zero-order valence-electron chi connectivity index (χ0n) is 10.8. The summed E-state index contributed by atoms with van der Waals surface area (Å²) in [4.78, 5) is 2.54. The van der Waals surface area contributed by atoms with Crippen molar-refractivity contribution < 1.29 is 4.42 Å². The van der Waals surface area contributed by atoms with Crippen molar-refractivity contribution in [1.82, 2.24) is 10.2 Å². The molecule has 3 nitrogen and oxygen atoms in total. The van der Waals surface area contributed by atoms with E-state index in [0.717, 1.165) is 6.54 Å². The third-order valence-electron chi connectivity index (χ3n) is 3.42. The molecular formula is C14H24N2O. The molecular weight excluding hydrogens is 212 g/mol. The molecule has 1 N–H and O–H groups in total. The normalized spacial score (nSPS) is 20.9. The van der Waals surface area contributed by atoms with Gasteiger partial charge in [0.25, 0.3) is 0 Å². The molecule has 96 valence electrons. The largest absolute Gasteiger partial charge is 0.472 e. The Morgan fingerprint density at radius 2 is 2.41 bits per heavy atom. The average molecular weight is 236 g/mol. The van der Waals surface area contributed by atoms with Gasteiger partial charge in [-0.25, -0.2) is 0 Å². The fourth-order valence-electron chi connectivity index (χ4n) is 2.58.